The van der Waals surface area contributed by atoms with E-state index in [-0.39, 0.29) is 17.4 Å². The highest BCUT2D eigenvalue weighted by molar-refractivity contribution is 6.21. The molecule has 0 aromatic carbocycles. The van der Waals surface area contributed by atoms with Crippen molar-refractivity contribution in [3.8, 4) is 0 Å². The van der Waals surface area contributed by atoms with Crippen molar-refractivity contribution >= 4 is 17.5 Å². The zero-order valence-corrected chi connectivity index (χ0v) is 12.0. The molecule has 1 aliphatic carbocycles. The summed E-state index contributed by atoms with van der Waals surface area (Å²) in [5.41, 5.74) is 1.81. The topological polar surface area (TPSA) is 81.5 Å². The van der Waals surface area contributed by atoms with Gasteiger partial charge < -0.3 is 4.84 Å². The molecule has 0 radical (unpaired) electrons. The van der Waals surface area contributed by atoms with Crippen molar-refractivity contribution in [2.75, 3.05) is 0 Å². The van der Waals surface area contributed by atoms with Gasteiger partial charge in [0.2, 0.25) is 0 Å². The Kier molecular flexibility index (Phi) is 4.37. The Morgan fingerprint density at radius 1 is 1.29 bits per heavy atom. The molecule has 6 nitrogen and oxygen atoms in total. The molecule has 0 N–H and O–H groups in total. The van der Waals surface area contributed by atoms with Crippen LogP contribution in [0, 0.1) is 5.92 Å². The third kappa shape index (κ3) is 3.47. The number of aromatic nitrogens is 2. The van der Waals surface area contributed by atoms with Crippen molar-refractivity contribution in [1.29, 1.82) is 0 Å². The van der Waals surface area contributed by atoms with Gasteiger partial charge in [0.15, 0.2) is 11.5 Å². The van der Waals surface area contributed by atoms with Gasteiger partial charge in [0.1, 0.15) is 5.71 Å². The maximum Gasteiger partial charge on any atom is 0.385 e. The maximum absolute atomic E-state index is 11.8. The van der Waals surface area contributed by atoms with E-state index in [4.69, 9.17) is 4.84 Å². The number of carbonyl (C=O) groups is 2. The molecule has 108 valence electrons. The van der Waals surface area contributed by atoms with Gasteiger partial charge >= 0.3 is 5.97 Å². The number of hydrogen-bond donors (Lipinski definition) is 0. The standard InChI is InChI=1S/C15H15N3O3/c1-9(2)11-7-12(10(3)6-14(11)19)18-21-15(20)13-8-16-4-5-17-13/h4-9H,1-3H3. The Morgan fingerprint density at radius 2 is 2.05 bits per heavy atom. The molecule has 21 heavy (non-hydrogen) atoms. The summed E-state index contributed by atoms with van der Waals surface area (Å²) in [6.45, 7) is 5.57. The van der Waals surface area contributed by atoms with Gasteiger partial charge in [-0.3, -0.25) is 9.78 Å². The Bertz CT molecular complexity index is 658. The summed E-state index contributed by atoms with van der Waals surface area (Å²) >= 11 is 0. The summed E-state index contributed by atoms with van der Waals surface area (Å²) < 4.78 is 0. The van der Waals surface area contributed by atoms with Crippen LogP contribution >= 0.6 is 0 Å². The zero-order valence-electron chi connectivity index (χ0n) is 12.0. The fraction of sp³-hybridized carbons (Fsp3) is 0.267. The summed E-state index contributed by atoms with van der Waals surface area (Å²) in [6, 6.07) is 0. The lowest BCUT2D eigenvalue weighted by molar-refractivity contribution is -0.111. The number of hydrogen-bond acceptors (Lipinski definition) is 6. The first-order chi connectivity index (χ1) is 9.99. The molecule has 0 unspecified atom stereocenters. The molecule has 1 aromatic heterocycles. The second-order valence-electron chi connectivity index (χ2n) is 4.89. The number of nitrogens with zero attached hydrogens (tertiary/aromatic N) is 3. The van der Waals surface area contributed by atoms with Gasteiger partial charge in [-0.05, 0) is 30.6 Å². The molecule has 0 saturated carbocycles. The van der Waals surface area contributed by atoms with E-state index in [1.54, 1.807) is 13.0 Å². The van der Waals surface area contributed by atoms with Gasteiger partial charge in [-0.1, -0.05) is 19.0 Å². The van der Waals surface area contributed by atoms with E-state index >= 15 is 0 Å². The van der Waals surface area contributed by atoms with E-state index in [1.807, 2.05) is 13.8 Å². The van der Waals surface area contributed by atoms with Gasteiger partial charge in [-0.25, -0.2) is 9.78 Å². The number of ketones is 1. The number of allylic oxidation sites excluding steroid dienone is 4. The van der Waals surface area contributed by atoms with Crippen LogP contribution in [0.25, 0.3) is 0 Å². The second kappa shape index (κ2) is 6.21. The number of rotatable bonds is 3. The molecule has 6 heteroatoms. The Labute approximate surface area is 122 Å². The SMILES string of the molecule is CC1=CC(=O)C(C(C)C)=CC1=NOC(=O)c1cnccn1. The van der Waals surface area contributed by atoms with Gasteiger partial charge in [-0.2, -0.15) is 0 Å². The normalized spacial score (nSPS) is 16.8. The molecule has 1 aliphatic rings. The largest absolute Gasteiger partial charge is 0.385 e. The smallest absolute Gasteiger partial charge is 0.310 e. The Hall–Kier alpha value is -2.63. The predicted octanol–water partition coefficient (Wildman–Crippen LogP) is 2.10. The van der Waals surface area contributed by atoms with Gasteiger partial charge in [0.05, 0.1) is 6.20 Å². The van der Waals surface area contributed by atoms with E-state index in [9.17, 15) is 9.59 Å². The first-order valence-corrected chi connectivity index (χ1v) is 6.49. The van der Waals surface area contributed by atoms with Crippen LogP contribution in [0.4, 0.5) is 0 Å². The van der Waals surface area contributed by atoms with Crippen LogP contribution in [-0.4, -0.2) is 27.4 Å². The average molecular weight is 285 g/mol. The number of carbonyl (C=O) groups excluding carboxylic acids is 2. The molecule has 0 aliphatic heterocycles. The van der Waals surface area contributed by atoms with Crippen LogP contribution in [0.2, 0.25) is 0 Å². The molecule has 0 saturated heterocycles. The van der Waals surface area contributed by atoms with Crippen molar-refractivity contribution in [2.24, 2.45) is 11.1 Å². The quantitative estimate of drug-likeness (QED) is 0.482. The maximum atomic E-state index is 11.8. The molecule has 0 spiro atoms. The monoisotopic (exact) mass is 285 g/mol. The van der Waals surface area contributed by atoms with Crippen LogP contribution in [-0.2, 0) is 9.63 Å². The molecule has 2 rings (SSSR count). The van der Waals surface area contributed by atoms with Crippen LogP contribution in [0.1, 0.15) is 31.3 Å². The van der Waals surface area contributed by atoms with E-state index in [1.165, 1.54) is 24.7 Å². The van der Waals surface area contributed by atoms with Gasteiger partial charge in [0, 0.05) is 18.0 Å². The van der Waals surface area contributed by atoms with Crippen molar-refractivity contribution < 1.29 is 14.4 Å². The Morgan fingerprint density at radius 3 is 2.67 bits per heavy atom. The fourth-order valence-electron chi connectivity index (χ4n) is 1.78. The van der Waals surface area contributed by atoms with Crippen LogP contribution < -0.4 is 0 Å². The molecule has 0 fully saturated rings. The number of oxime groups is 1. The molecular weight excluding hydrogens is 270 g/mol. The second-order valence-corrected chi connectivity index (χ2v) is 4.89. The lowest BCUT2D eigenvalue weighted by Crippen LogP contribution is -2.16. The van der Waals surface area contributed by atoms with Crippen molar-refractivity contribution in [2.45, 2.75) is 20.8 Å². The molecule has 1 aromatic rings. The minimum atomic E-state index is -0.695. The minimum absolute atomic E-state index is 0.0401. The fourth-order valence-corrected chi connectivity index (χ4v) is 1.78. The minimum Gasteiger partial charge on any atom is -0.310 e. The third-order valence-electron chi connectivity index (χ3n) is 2.95. The molecule has 0 bridgehead atoms. The van der Waals surface area contributed by atoms with Crippen LogP contribution in [0.3, 0.4) is 0 Å². The first-order valence-electron chi connectivity index (χ1n) is 6.49. The van der Waals surface area contributed by atoms with E-state index in [0.29, 0.717) is 16.9 Å². The van der Waals surface area contributed by atoms with E-state index in [2.05, 4.69) is 15.1 Å². The summed E-state index contributed by atoms with van der Waals surface area (Å²) in [7, 11) is 0. The summed E-state index contributed by atoms with van der Waals surface area (Å²) in [4.78, 5) is 36.0. The van der Waals surface area contributed by atoms with Crippen LogP contribution in [0.5, 0.6) is 0 Å². The Balaban J connectivity index is 2.19. The molecule has 0 amide bonds. The van der Waals surface area contributed by atoms with Crippen molar-refractivity contribution in [1.82, 2.24) is 9.97 Å². The van der Waals surface area contributed by atoms with E-state index in [0.717, 1.165) is 0 Å². The zero-order chi connectivity index (χ0) is 15.4. The summed E-state index contributed by atoms with van der Waals surface area (Å²) in [5.74, 6) is -0.663. The van der Waals surface area contributed by atoms with Gasteiger partial charge in [-0.15, -0.1) is 0 Å². The first kappa shape index (κ1) is 14.8. The molecule has 0 atom stereocenters. The lowest BCUT2D eigenvalue weighted by atomic mass is 9.90. The average Bonchev–Trinajstić information content (AvgIpc) is 2.46. The molecular formula is C15H15N3O3. The van der Waals surface area contributed by atoms with Crippen LogP contribution in [0.15, 0.2) is 47.0 Å². The highest BCUT2D eigenvalue weighted by atomic mass is 16.7. The lowest BCUT2D eigenvalue weighted by Gasteiger charge is -2.14. The van der Waals surface area contributed by atoms with Crippen molar-refractivity contribution in [3.63, 3.8) is 0 Å². The highest BCUT2D eigenvalue weighted by Gasteiger charge is 2.19. The molecule has 1 heterocycles. The van der Waals surface area contributed by atoms with Crippen molar-refractivity contribution in [3.05, 3.63) is 47.6 Å². The summed E-state index contributed by atoms with van der Waals surface area (Å²) in [5, 5.41) is 3.81. The third-order valence-corrected chi connectivity index (χ3v) is 2.95. The predicted molar refractivity (Wildman–Crippen MR) is 76.6 cm³/mol. The summed E-state index contributed by atoms with van der Waals surface area (Å²) in [6.07, 6.45) is 7.28. The van der Waals surface area contributed by atoms with Gasteiger partial charge in [0.25, 0.3) is 0 Å². The van der Waals surface area contributed by atoms with E-state index < -0.39 is 5.97 Å². The highest BCUT2D eigenvalue weighted by Crippen LogP contribution is 2.19.